The summed E-state index contributed by atoms with van der Waals surface area (Å²) in [4.78, 5) is 11.4. The van der Waals surface area contributed by atoms with Crippen molar-refractivity contribution in [2.75, 3.05) is 17.3 Å². The highest BCUT2D eigenvalue weighted by Gasteiger charge is 2.25. The molecule has 0 bridgehead atoms. The van der Waals surface area contributed by atoms with Gasteiger partial charge in [0, 0.05) is 0 Å². The highest BCUT2D eigenvalue weighted by molar-refractivity contribution is 7.97. The molecule has 1 fully saturated rings. The molecule has 0 atom stereocenters. The van der Waals surface area contributed by atoms with E-state index >= 15 is 0 Å². The van der Waals surface area contributed by atoms with Crippen LogP contribution in [0.25, 0.3) is 0 Å². The van der Waals surface area contributed by atoms with Crippen molar-refractivity contribution in [1.29, 1.82) is 0 Å². The van der Waals surface area contributed by atoms with Crippen molar-refractivity contribution in [2.45, 2.75) is 33.6 Å². The number of Topliss-reactive ketones (excluding diaryl/α,β-unsaturated/α-hetero) is 1. The number of hydrogen-bond acceptors (Lipinski definition) is 1. The van der Waals surface area contributed by atoms with E-state index in [1.54, 1.807) is 6.92 Å². The minimum Gasteiger partial charge on any atom is -1.00 e. The van der Waals surface area contributed by atoms with Gasteiger partial charge in [-0.15, -0.1) is 0 Å². The summed E-state index contributed by atoms with van der Waals surface area (Å²) in [5.74, 6) is 18.5. The average Bonchev–Trinajstić information content (AvgIpc) is 2.84. The lowest BCUT2D eigenvalue weighted by Gasteiger charge is -1.93. The molecule has 18 heavy (non-hydrogen) atoms. The Morgan fingerprint density at radius 3 is 2.17 bits per heavy atom. The molecule has 3 heteroatoms. The molecule has 0 aromatic rings. The fourth-order valence-corrected chi connectivity index (χ4v) is 3.47. The van der Waals surface area contributed by atoms with Crippen LogP contribution in [0, 0.1) is 35.5 Å². The summed E-state index contributed by atoms with van der Waals surface area (Å²) < 4.78 is 0. The molecule has 98 valence electrons. The number of carbonyl (C=O) groups is 1. The number of hydrogen-bond donors (Lipinski definition) is 0. The first kappa shape index (κ1) is 19.5. The van der Waals surface area contributed by atoms with Gasteiger partial charge in [-0.25, -0.2) is 0 Å². The van der Waals surface area contributed by atoms with Crippen LogP contribution in [0.4, 0.5) is 0 Å². The van der Waals surface area contributed by atoms with Crippen LogP contribution in [0.5, 0.6) is 0 Å². The predicted octanol–water partition coefficient (Wildman–Crippen LogP) is -0.972. The molecule has 1 saturated heterocycles. The number of rotatable bonds is 2. The second-order valence-electron chi connectivity index (χ2n) is 3.17. The third kappa shape index (κ3) is 10.3. The zero-order valence-corrected chi connectivity index (χ0v) is 13.6. The molecule has 0 radical (unpaired) electrons. The van der Waals surface area contributed by atoms with E-state index in [-0.39, 0.29) is 22.8 Å². The standard InChI is InChI=1S/C13H13OS.C2H6.BrH/c1-2-3-4-5-6-9-13(14)12-15-10-7-8-11-15;1-2;/h7-8,10-12H2,1H3;1-2H3;1H/q+1;;/p-1. The number of halogens is 1. The first-order valence-electron chi connectivity index (χ1n) is 5.92. The van der Waals surface area contributed by atoms with Gasteiger partial charge >= 0.3 is 0 Å². The van der Waals surface area contributed by atoms with Gasteiger partial charge in [0.05, 0.1) is 0 Å². The average molecular weight is 327 g/mol. The molecule has 0 saturated carbocycles. The molecule has 0 unspecified atom stereocenters. The van der Waals surface area contributed by atoms with Crippen LogP contribution in [0.2, 0.25) is 0 Å². The molecular weight excluding hydrogens is 308 g/mol. The van der Waals surface area contributed by atoms with Crippen LogP contribution < -0.4 is 17.0 Å². The molecule has 0 spiro atoms. The Labute approximate surface area is 125 Å². The van der Waals surface area contributed by atoms with Crippen LogP contribution in [0.15, 0.2) is 0 Å². The second kappa shape index (κ2) is 14.2. The van der Waals surface area contributed by atoms with E-state index in [0.717, 1.165) is 0 Å². The molecular formula is C15H19BrOS. The van der Waals surface area contributed by atoms with Gasteiger partial charge in [-0.1, -0.05) is 19.8 Å². The van der Waals surface area contributed by atoms with E-state index in [0.29, 0.717) is 16.6 Å². The maximum atomic E-state index is 11.4. The van der Waals surface area contributed by atoms with Crippen LogP contribution in [0.1, 0.15) is 33.6 Å². The van der Waals surface area contributed by atoms with Gasteiger partial charge in [0.25, 0.3) is 5.78 Å². The third-order valence-corrected chi connectivity index (χ3v) is 4.37. The zero-order valence-electron chi connectivity index (χ0n) is 11.2. The summed E-state index contributed by atoms with van der Waals surface area (Å²) in [6.07, 6.45) is 2.55. The number of ketones is 1. The Morgan fingerprint density at radius 1 is 1.06 bits per heavy atom. The van der Waals surface area contributed by atoms with Crippen molar-refractivity contribution < 1.29 is 21.8 Å². The fourth-order valence-electron chi connectivity index (χ4n) is 1.31. The monoisotopic (exact) mass is 326 g/mol. The summed E-state index contributed by atoms with van der Waals surface area (Å²) >= 11 is 0. The Morgan fingerprint density at radius 2 is 1.61 bits per heavy atom. The maximum Gasteiger partial charge on any atom is 0.255 e. The third-order valence-electron chi connectivity index (χ3n) is 1.97. The van der Waals surface area contributed by atoms with Crippen molar-refractivity contribution in [3.63, 3.8) is 0 Å². The van der Waals surface area contributed by atoms with Gasteiger partial charge in [0.1, 0.15) is 11.5 Å². The Kier molecular flexibility index (Phi) is 15.4. The van der Waals surface area contributed by atoms with Gasteiger partial charge in [-0.2, -0.15) is 0 Å². The van der Waals surface area contributed by atoms with Crippen molar-refractivity contribution in [1.82, 2.24) is 0 Å². The summed E-state index contributed by atoms with van der Waals surface area (Å²) in [5.41, 5.74) is 0. The highest BCUT2D eigenvalue weighted by atomic mass is 79.9. The Bertz CT molecular complexity index is 403. The summed E-state index contributed by atoms with van der Waals surface area (Å²) in [6.45, 7) is 5.72. The van der Waals surface area contributed by atoms with E-state index in [2.05, 4.69) is 35.5 Å². The topological polar surface area (TPSA) is 17.1 Å². The molecule has 0 amide bonds. The normalized spacial score (nSPS) is 11.9. The molecule has 1 aliphatic heterocycles. The molecule has 0 aromatic carbocycles. The minimum atomic E-state index is 0. The lowest BCUT2D eigenvalue weighted by molar-refractivity contribution is -0.111. The summed E-state index contributed by atoms with van der Waals surface area (Å²) in [7, 11) is 0.306. The van der Waals surface area contributed by atoms with E-state index < -0.39 is 0 Å². The lowest BCUT2D eigenvalue weighted by Crippen LogP contribution is -3.00. The Hall–Kier alpha value is -0.820. The molecule has 0 N–H and O–H groups in total. The van der Waals surface area contributed by atoms with Crippen molar-refractivity contribution >= 4 is 16.7 Å². The molecule has 1 rings (SSSR count). The number of carbonyl (C=O) groups excluding carboxylic acids is 1. The summed E-state index contributed by atoms with van der Waals surface area (Å²) in [5, 5.41) is 0. The maximum absolute atomic E-state index is 11.4. The Balaban J connectivity index is 0. The van der Waals surface area contributed by atoms with Gasteiger partial charge < -0.3 is 17.0 Å². The summed E-state index contributed by atoms with van der Waals surface area (Å²) in [6, 6.07) is 0. The van der Waals surface area contributed by atoms with Crippen LogP contribution in [0.3, 0.4) is 0 Å². The predicted molar refractivity (Wildman–Crippen MR) is 76.6 cm³/mol. The highest BCUT2D eigenvalue weighted by Crippen LogP contribution is 2.12. The van der Waals surface area contributed by atoms with Crippen molar-refractivity contribution in [3.8, 4) is 35.5 Å². The van der Waals surface area contributed by atoms with Crippen LogP contribution in [-0.4, -0.2) is 23.0 Å². The molecule has 1 nitrogen and oxygen atoms in total. The SMILES string of the molecule is CC.CC#CC#CC#CC(=O)C[S+]1CCCC1.[Br-]. The minimum absolute atomic E-state index is 0. The fraction of sp³-hybridized carbons (Fsp3) is 0.533. The van der Waals surface area contributed by atoms with E-state index in [1.807, 2.05) is 13.8 Å². The first-order valence-corrected chi connectivity index (χ1v) is 7.66. The quantitative estimate of drug-likeness (QED) is 0.362. The largest absolute Gasteiger partial charge is 1.00 e. The molecule has 0 aromatic heterocycles. The smallest absolute Gasteiger partial charge is 0.255 e. The van der Waals surface area contributed by atoms with Gasteiger partial charge in [-0.3, -0.25) is 4.79 Å². The first-order chi connectivity index (χ1) is 8.33. The van der Waals surface area contributed by atoms with Crippen LogP contribution >= 0.6 is 0 Å². The second-order valence-corrected chi connectivity index (χ2v) is 5.50. The van der Waals surface area contributed by atoms with Crippen LogP contribution in [-0.2, 0) is 15.7 Å². The van der Waals surface area contributed by atoms with Gasteiger partial charge in [0.15, 0.2) is 5.75 Å². The van der Waals surface area contributed by atoms with Gasteiger partial charge in [-0.05, 0) is 60.3 Å². The molecule has 0 aliphatic carbocycles. The van der Waals surface area contributed by atoms with E-state index in [4.69, 9.17) is 0 Å². The lowest BCUT2D eigenvalue weighted by atomic mass is 10.4. The van der Waals surface area contributed by atoms with Crippen molar-refractivity contribution in [3.05, 3.63) is 0 Å². The van der Waals surface area contributed by atoms with E-state index in [1.165, 1.54) is 24.3 Å². The molecule has 1 aliphatic rings. The van der Waals surface area contributed by atoms with Gasteiger partial charge in [0.2, 0.25) is 0 Å². The van der Waals surface area contributed by atoms with Crippen molar-refractivity contribution in [2.24, 2.45) is 0 Å². The molecule has 1 heterocycles. The zero-order chi connectivity index (χ0) is 12.9. The van der Waals surface area contributed by atoms with E-state index in [9.17, 15) is 4.79 Å².